The van der Waals surface area contributed by atoms with E-state index in [4.69, 9.17) is 9.79 Å². The van der Waals surface area contributed by atoms with Crippen LogP contribution in [0.2, 0.25) is 0 Å². The van der Waals surface area contributed by atoms with E-state index in [0.717, 1.165) is 16.2 Å². The molecule has 2 atom stereocenters. The number of thiazole rings is 1. The van der Waals surface area contributed by atoms with Crippen molar-refractivity contribution < 1.29 is 43.5 Å². The lowest BCUT2D eigenvalue weighted by molar-refractivity contribution is -0.150. The number of hydrogen-bond donors (Lipinski definition) is 5. The van der Waals surface area contributed by atoms with Gasteiger partial charge in [-0.05, 0) is 16.0 Å². The highest BCUT2D eigenvalue weighted by atomic mass is 32.2. The molecule has 39 heavy (non-hydrogen) atoms. The average molecular weight is 620 g/mol. The van der Waals surface area contributed by atoms with Gasteiger partial charge in [0.05, 0.1) is 0 Å². The van der Waals surface area contributed by atoms with Crippen LogP contribution in [0.15, 0.2) is 27.0 Å². The monoisotopic (exact) mass is 619 g/mol. The van der Waals surface area contributed by atoms with Gasteiger partial charge in [-0.25, -0.2) is 14.5 Å². The summed E-state index contributed by atoms with van der Waals surface area (Å²) < 4.78 is 12.5. The Hall–Kier alpha value is -3.36. The normalized spacial score (nSPS) is 19.3. The first kappa shape index (κ1) is 28.6. The van der Waals surface area contributed by atoms with Gasteiger partial charge in [-0.2, -0.15) is 0 Å². The third-order valence-corrected chi connectivity index (χ3v) is 8.68. The van der Waals surface area contributed by atoms with Crippen LogP contribution in [0.5, 0.6) is 0 Å². The van der Waals surface area contributed by atoms with E-state index in [0.29, 0.717) is 17.1 Å². The molecule has 1 unspecified atom stereocenters. The first-order valence-corrected chi connectivity index (χ1v) is 15.2. The number of carboxylic acid groups (broad SMARTS) is 1. The van der Waals surface area contributed by atoms with Crippen LogP contribution < -0.4 is 10.6 Å². The number of nitrogens with one attached hydrogen (secondary N) is 2. The molecule has 4 heterocycles. The third-order valence-electron chi connectivity index (χ3n) is 5.02. The number of carbonyl (C=O) groups is 4. The fraction of sp³-hybridized carbons (Fsp3) is 0.353. The first-order chi connectivity index (χ1) is 18.5. The second-order valence-electron chi connectivity index (χ2n) is 7.65. The predicted molar refractivity (Wildman–Crippen MR) is 136 cm³/mol. The van der Waals surface area contributed by atoms with Crippen molar-refractivity contribution in [2.45, 2.75) is 16.6 Å². The van der Waals surface area contributed by atoms with Gasteiger partial charge in [0.15, 0.2) is 10.8 Å². The highest BCUT2D eigenvalue weighted by Gasteiger charge is 2.54. The Morgan fingerprint density at radius 2 is 2.18 bits per heavy atom. The highest BCUT2D eigenvalue weighted by Crippen LogP contribution is 2.41. The van der Waals surface area contributed by atoms with Crippen molar-refractivity contribution in [1.82, 2.24) is 35.4 Å². The Bertz CT molecular complexity index is 1420. The van der Waals surface area contributed by atoms with Crippen molar-refractivity contribution in [3.8, 4) is 0 Å². The van der Waals surface area contributed by atoms with Gasteiger partial charge in [0.1, 0.15) is 22.8 Å². The second kappa shape index (κ2) is 11.8. The van der Waals surface area contributed by atoms with Gasteiger partial charge >= 0.3 is 13.6 Å². The van der Waals surface area contributed by atoms with E-state index >= 15 is 0 Å². The number of aliphatic carboxylic acids is 1. The summed E-state index contributed by atoms with van der Waals surface area (Å²) in [6.07, 6.45) is -0.768. The average Bonchev–Trinajstić information content (AvgIpc) is 3.51. The number of hydrogen-bond acceptors (Lipinski definition) is 14. The smallest absolute Gasteiger partial charge is 0.365 e. The number of β-lactam (4-membered cyclic amide) rings is 1. The number of fused-ring (bicyclic) bond motifs is 1. The lowest BCUT2D eigenvalue weighted by atomic mass is 10.0. The van der Waals surface area contributed by atoms with Gasteiger partial charge in [0.2, 0.25) is 17.9 Å². The number of oxime groups is 1. The maximum Gasteiger partial charge on any atom is 0.365 e. The van der Waals surface area contributed by atoms with Crippen LogP contribution in [0, 0.1) is 0 Å². The number of tetrazole rings is 1. The maximum absolute atomic E-state index is 13.1. The number of amides is 3. The summed E-state index contributed by atoms with van der Waals surface area (Å²) in [6, 6.07) is -1.13. The Morgan fingerprint density at radius 3 is 2.82 bits per heavy atom. The van der Waals surface area contributed by atoms with Gasteiger partial charge in [-0.1, -0.05) is 16.9 Å². The van der Waals surface area contributed by atoms with E-state index in [9.17, 15) is 28.8 Å². The summed E-state index contributed by atoms with van der Waals surface area (Å²) in [5.41, 5.74) is -0.342. The fourth-order valence-electron chi connectivity index (χ4n) is 3.37. The minimum absolute atomic E-state index is 0.1000. The highest BCUT2D eigenvalue weighted by molar-refractivity contribution is 8.01. The molecule has 2 aliphatic heterocycles. The molecule has 0 bridgehead atoms. The van der Waals surface area contributed by atoms with Gasteiger partial charge in [-0.3, -0.25) is 23.8 Å². The molecule has 2 aliphatic rings. The molecular weight excluding hydrogens is 601 g/mol. The molecule has 0 aromatic carbocycles. The number of aromatic nitrogens is 5. The lowest BCUT2D eigenvalue weighted by Crippen LogP contribution is -2.71. The van der Waals surface area contributed by atoms with Crippen LogP contribution in [0.3, 0.4) is 0 Å². The number of anilines is 1. The van der Waals surface area contributed by atoms with Crippen molar-refractivity contribution in [3.05, 3.63) is 22.3 Å². The zero-order chi connectivity index (χ0) is 28.3. The second-order valence-corrected chi connectivity index (χ2v) is 12.1. The van der Waals surface area contributed by atoms with Crippen LogP contribution in [0.25, 0.3) is 0 Å². The summed E-state index contributed by atoms with van der Waals surface area (Å²) in [5, 5.41) is 30.3. The van der Waals surface area contributed by atoms with Gasteiger partial charge in [0, 0.05) is 23.9 Å². The fourth-order valence-corrected chi connectivity index (χ4v) is 6.57. The molecular formula is C17H18N9O9PS3. The number of thioether (sulfide) groups is 2. The minimum atomic E-state index is -4.62. The van der Waals surface area contributed by atoms with Crippen molar-refractivity contribution in [2.75, 3.05) is 23.2 Å². The van der Waals surface area contributed by atoms with Crippen molar-refractivity contribution in [3.63, 3.8) is 0 Å². The Balaban J connectivity index is 1.51. The van der Waals surface area contributed by atoms with Crippen molar-refractivity contribution >= 4 is 77.5 Å². The molecule has 18 nitrogen and oxygen atoms in total. The van der Waals surface area contributed by atoms with Crippen molar-refractivity contribution in [2.24, 2.45) is 12.2 Å². The van der Waals surface area contributed by atoms with Crippen LogP contribution in [0.1, 0.15) is 5.69 Å². The summed E-state index contributed by atoms with van der Waals surface area (Å²) in [4.78, 5) is 76.5. The predicted octanol–water partition coefficient (Wildman–Crippen LogP) is -1.38. The third kappa shape index (κ3) is 6.45. The number of carboxylic acids is 1. The Labute approximate surface area is 230 Å². The van der Waals surface area contributed by atoms with Crippen LogP contribution >= 0.6 is 42.5 Å². The molecule has 0 spiro atoms. The zero-order valence-corrected chi connectivity index (χ0v) is 22.9. The zero-order valence-electron chi connectivity index (χ0n) is 19.5. The largest absolute Gasteiger partial charge is 0.477 e. The number of carbonyl (C=O) groups excluding carboxylic acids is 3. The van der Waals surface area contributed by atoms with E-state index < -0.39 is 48.9 Å². The van der Waals surface area contributed by atoms with Crippen LogP contribution in [-0.2, 0) is 35.6 Å². The molecule has 2 aromatic heterocycles. The quantitative estimate of drug-likeness (QED) is 0.0458. The number of rotatable bonds is 12. The Morgan fingerprint density at radius 1 is 1.41 bits per heavy atom. The molecule has 5 N–H and O–H groups in total. The topological polar surface area (TPSA) is 251 Å². The molecule has 1 fully saturated rings. The number of nitrogens with zero attached hydrogens (tertiary/aromatic N) is 7. The summed E-state index contributed by atoms with van der Waals surface area (Å²) >= 11 is 3.38. The van der Waals surface area contributed by atoms with E-state index in [1.807, 2.05) is 0 Å². The van der Waals surface area contributed by atoms with Gasteiger partial charge in [-0.15, -0.1) is 28.2 Å². The minimum Gasteiger partial charge on any atom is -0.477 e. The molecule has 0 aliphatic carbocycles. The molecule has 208 valence electrons. The molecule has 2 aromatic rings. The molecule has 22 heteroatoms. The first-order valence-electron chi connectivity index (χ1n) is 10.5. The van der Waals surface area contributed by atoms with Crippen LogP contribution in [0.4, 0.5) is 5.13 Å². The van der Waals surface area contributed by atoms with Gasteiger partial charge < -0.3 is 30.4 Å². The molecule has 0 saturated carbocycles. The van der Waals surface area contributed by atoms with E-state index in [1.54, 1.807) is 7.05 Å². The van der Waals surface area contributed by atoms with Crippen molar-refractivity contribution in [1.29, 1.82) is 0 Å². The molecule has 0 radical (unpaired) electrons. The van der Waals surface area contributed by atoms with E-state index in [1.165, 1.54) is 33.6 Å². The van der Waals surface area contributed by atoms with Crippen LogP contribution in [-0.4, -0.2) is 104 Å². The number of aryl methyl sites for hydroxylation is 1. The summed E-state index contributed by atoms with van der Waals surface area (Å²) in [5.74, 6) is -2.50. The standard InChI is InChI=1S/C17H18N9O9PS3/c1-25-17(21-23-24-25)39-3-7-2-37-14-10(13(29)26(14)11(7)15(30)31)20-12(28)9(22-35-6-36(32,33)34)8-4-38-16(19-8)18-5-27/h4-5,10,14H,2-3,6H2,1H3,(H,20,28)(H,30,31)(H,18,19,27)(H2,32,33,34)/t10?,14-/m0/s1. The molecule has 1 saturated heterocycles. The van der Waals surface area contributed by atoms with Gasteiger partial charge in [0.25, 0.3) is 11.8 Å². The SMILES string of the molecule is Cn1nnnc1SCC1=C(C(=O)O)N2C(=O)C(NC(=O)C(=NOCP(=O)(O)O)c3csc(NC=O)n3)[C@@H]2SC1. The summed E-state index contributed by atoms with van der Waals surface area (Å²) in [7, 11) is -2.99. The maximum atomic E-state index is 13.1. The lowest BCUT2D eigenvalue weighted by Gasteiger charge is -2.49. The Kier molecular flexibility index (Phi) is 8.67. The summed E-state index contributed by atoms with van der Waals surface area (Å²) in [6.45, 7) is 0. The molecule has 3 amide bonds. The van der Waals surface area contributed by atoms with E-state index in [-0.39, 0.29) is 28.0 Å². The van der Waals surface area contributed by atoms with E-state index in [2.05, 4.69) is 41.1 Å². The molecule has 4 rings (SSSR count).